The highest BCUT2D eigenvalue weighted by Crippen LogP contribution is 2.31. The standard InChI is InChI=1S/C32H31ClFN5OS/c1-38(26-17-18-39(21-26)20-22-7-3-2-4-8-22)30-16-15-25(19-28(30)33)37-32(41)36-24-13-11-23(12-14-24)35-31(40)27-9-5-6-10-29(27)34/h2-16,19,26H,17-18,20-21H2,1H3,(H,35,40)(H2,36,37,41). The molecule has 1 aliphatic heterocycles. The van der Waals surface area contributed by atoms with E-state index in [0.29, 0.717) is 21.9 Å². The molecule has 6 nitrogen and oxygen atoms in total. The molecular formula is C32H31ClFN5OS. The second kappa shape index (κ2) is 13.1. The fraction of sp³-hybridized carbons (Fsp3) is 0.188. The molecule has 1 atom stereocenters. The molecule has 4 aromatic rings. The number of hydrogen-bond donors (Lipinski definition) is 3. The number of thiocarbonyl (C=S) groups is 1. The molecule has 9 heteroatoms. The Bertz CT molecular complexity index is 1520. The minimum atomic E-state index is -0.566. The molecular weight excluding hydrogens is 557 g/mol. The van der Waals surface area contributed by atoms with E-state index in [1.165, 1.54) is 17.7 Å². The van der Waals surface area contributed by atoms with Gasteiger partial charge in [-0.2, -0.15) is 0 Å². The Morgan fingerprint density at radius 3 is 2.27 bits per heavy atom. The van der Waals surface area contributed by atoms with Crippen molar-refractivity contribution in [1.29, 1.82) is 0 Å². The molecule has 4 aromatic carbocycles. The van der Waals surface area contributed by atoms with Crippen molar-refractivity contribution in [3.63, 3.8) is 0 Å². The molecule has 41 heavy (non-hydrogen) atoms. The van der Waals surface area contributed by atoms with Crippen LogP contribution in [-0.4, -0.2) is 42.1 Å². The lowest BCUT2D eigenvalue weighted by Gasteiger charge is -2.28. The van der Waals surface area contributed by atoms with Crippen LogP contribution in [0.1, 0.15) is 22.3 Å². The average Bonchev–Trinajstić information content (AvgIpc) is 3.43. The number of likely N-dealkylation sites (N-methyl/N-ethyl adjacent to an activating group) is 1. The molecule has 1 heterocycles. The third-order valence-corrected chi connectivity index (χ3v) is 7.66. The number of anilines is 4. The first-order chi connectivity index (χ1) is 19.9. The fourth-order valence-electron chi connectivity index (χ4n) is 4.96. The van der Waals surface area contributed by atoms with Gasteiger partial charge in [-0.1, -0.05) is 54.1 Å². The summed E-state index contributed by atoms with van der Waals surface area (Å²) in [7, 11) is 2.10. The fourth-order valence-corrected chi connectivity index (χ4v) is 5.50. The maximum atomic E-state index is 13.9. The van der Waals surface area contributed by atoms with Crippen molar-refractivity contribution in [3.8, 4) is 0 Å². The molecule has 5 rings (SSSR count). The van der Waals surface area contributed by atoms with Gasteiger partial charge in [-0.15, -0.1) is 0 Å². The van der Waals surface area contributed by atoms with Crippen LogP contribution in [0.5, 0.6) is 0 Å². The number of rotatable bonds is 8. The number of benzene rings is 4. The van der Waals surface area contributed by atoms with Gasteiger partial charge >= 0.3 is 0 Å². The number of nitrogens with one attached hydrogen (secondary N) is 3. The topological polar surface area (TPSA) is 59.6 Å². The van der Waals surface area contributed by atoms with Crippen molar-refractivity contribution in [2.45, 2.75) is 19.0 Å². The zero-order valence-corrected chi connectivity index (χ0v) is 24.2. The molecule has 1 fully saturated rings. The Labute approximate surface area is 250 Å². The third kappa shape index (κ3) is 7.41. The molecule has 210 valence electrons. The highest BCUT2D eigenvalue weighted by atomic mass is 35.5. The van der Waals surface area contributed by atoms with E-state index in [9.17, 15) is 9.18 Å². The predicted molar refractivity (Wildman–Crippen MR) is 171 cm³/mol. The second-order valence-electron chi connectivity index (χ2n) is 10.0. The highest BCUT2D eigenvalue weighted by molar-refractivity contribution is 7.80. The molecule has 0 radical (unpaired) electrons. The van der Waals surface area contributed by atoms with Crippen LogP contribution >= 0.6 is 23.8 Å². The maximum absolute atomic E-state index is 13.9. The lowest BCUT2D eigenvalue weighted by atomic mass is 10.2. The quantitative estimate of drug-likeness (QED) is 0.189. The summed E-state index contributed by atoms with van der Waals surface area (Å²) in [6.45, 7) is 3.00. The zero-order valence-electron chi connectivity index (χ0n) is 22.6. The van der Waals surface area contributed by atoms with E-state index in [1.54, 1.807) is 36.4 Å². The van der Waals surface area contributed by atoms with Crippen LogP contribution in [0, 0.1) is 5.82 Å². The Hall–Kier alpha value is -3.98. The van der Waals surface area contributed by atoms with E-state index in [0.717, 1.165) is 43.1 Å². The summed E-state index contributed by atoms with van der Waals surface area (Å²) >= 11 is 12.2. The summed E-state index contributed by atoms with van der Waals surface area (Å²) in [6.07, 6.45) is 1.08. The molecule has 3 N–H and O–H groups in total. The molecule has 0 bridgehead atoms. The number of carbonyl (C=O) groups excluding carboxylic acids is 1. The van der Waals surface area contributed by atoms with Gasteiger partial charge in [-0.3, -0.25) is 9.69 Å². The smallest absolute Gasteiger partial charge is 0.258 e. The first kappa shape index (κ1) is 28.5. The maximum Gasteiger partial charge on any atom is 0.258 e. The Balaban J connectivity index is 1.13. The molecule has 0 aromatic heterocycles. The van der Waals surface area contributed by atoms with Gasteiger partial charge in [0.25, 0.3) is 5.91 Å². The molecule has 1 aliphatic rings. The number of nitrogens with zero attached hydrogens (tertiary/aromatic N) is 2. The minimum absolute atomic E-state index is 0.00998. The van der Waals surface area contributed by atoms with Gasteiger partial charge in [0.2, 0.25) is 0 Å². The third-order valence-electron chi connectivity index (χ3n) is 7.15. The van der Waals surface area contributed by atoms with E-state index in [2.05, 4.69) is 57.1 Å². The molecule has 1 amide bonds. The molecule has 0 spiro atoms. The van der Waals surface area contributed by atoms with E-state index in [1.807, 2.05) is 24.3 Å². The van der Waals surface area contributed by atoms with Gasteiger partial charge < -0.3 is 20.9 Å². The van der Waals surface area contributed by atoms with E-state index < -0.39 is 11.7 Å². The van der Waals surface area contributed by atoms with E-state index in [4.69, 9.17) is 23.8 Å². The predicted octanol–water partition coefficient (Wildman–Crippen LogP) is 7.25. The van der Waals surface area contributed by atoms with Crippen LogP contribution in [-0.2, 0) is 6.54 Å². The summed E-state index contributed by atoms with van der Waals surface area (Å²) in [5.41, 5.74) is 4.35. The van der Waals surface area contributed by atoms with Crippen LogP contribution in [0.4, 0.5) is 27.1 Å². The van der Waals surface area contributed by atoms with Gasteiger partial charge in [0.15, 0.2) is 5.11 Å². The van der Waals surface area contributed by atoms with E-state index in [-0.39, 0.29) is 5.56 Å². The zero-order chi connectivity index (χ0) is 28.8. The second-order valence-corrected chi connectivity index (χ2v) is 10.8. The van der Waals surface area contributed by atoms with Crippen LogP contribution in [0.15, 0.2) is 97.1 Å². The van der Waals surface area contributed by atoms with Crippen LogP contribution < -0.4 is 20.9 Å². The SMILES string of the molecule is CN(c1ccc(NC(=S)Nc2ccc(NC(=O)c3ccccc3F)cc2)cc1Cl)C1CCN(Cc2ccccc2)C1. The number of hydrogen-bond acceptors (Lipinski definition) is 4. The summed E-state index contributed by atoms with van der Waals surface area (Å²) in [4.78, 5) is 17.1. The Kier molecular flexibility index (Phi) is 9.14. The minimum Gasteiger partial charge on any atom is -0.369 e. The number of amides is 1. The number of halogens is 2. The first-order valence-electron chi connectivity index (χ1n) is 13.4. The van der Waals surface area contributed by atoms with Crippen molar-refractivity contribution in [2.24, 2.45) is 0 Å². The average molecular weight is 588 g/mol. The van der Waals surface area contributed by atoms with Crippen molar-refractivity contribution in [1.82, 2.24) is 4.90 Å². The molecule has 1 saturated heterocycles. The number of carbonyl (C=O) groups is 1. The van der Waals surface area contributed by atoms with Crippen LogP contribution in [0.3, 0.4) is 0 Å². The normalized spacial score (nSPS) is 14.9. The van der Waals surface area contributed by atoms with Gasteiger partial charge in [0.05, 0.1) is 16.3 Å². The van der Waals surface area contributed by atoms with Crippen LogP contribution in [0.25, 0.3) is 0 Å². The van der Waals surface area contributed by atoms with Gasteiger partial charge in [-0.05, 0) is 78.8 Å². The van der Waals surface area contributed by atoms with Gasteiger partial charge in [-0.25, -0.2) is 4.39 Å². The first-order valence-corrected chi connectivity index (χ1v) is 14.2. The van der Waals surface area contributed by atoms with Crippen molar-refractivity contribution in [3.05, 3.63) is 119 Å². The van der Waals surface area contributed by atoms with Crippen molar-refractivity contribution < 1.29 is 9.18 Å². The number of likely N-dealkylation sites (tertiary alicyclic amines) is 1. The Morgan fingerprint density at radius 2 is 1.56 bits per heavy atom. The van der Waals surface area contributed by atoms with Crippen molar-refractivity contribution in [2.75, 3.05) is 41.0 Å². The molecule has 0 aliphatic carbocycles. The summed E-state index contributed by atoms with van der Waals surface area (Å²) < 4.78 is 13.9. The summed E-state index contributed by atoms with van der Waals surface area (Å²) in [5, 5.41) is 10.0. The molecule has 0 saturated carbocycles. The Morgan fingerprint density at radius 1 is 0.927 bits per heavy atom. The highest BCUT2D eigenvalue weighted by Gasteiger charge is 2.27. The lowest BCUT2D eigenvalue weighted by Crippen LogP contribution is -2.34. The lowest BCUT2D eigenvalue weighted by molar-refractivity contribution is 0.102. The van der Waals surface area contributed by atoms with Crippen LogP contribution in [0.2, 0.25) is 5.02 Å². The van der Waals surface area contributed by atoms with Gasteiger partial charge in [0, 0.05) is 49.8 Å². The van der Waals surface area contributed by atoms with Crippen molar-refractivity contribution >= 4 is 57.6 Å². The monoisotopic (exact) mass is 587 g/mol. The van der Waals surface area contributed by atoms with E-state index >= 15 is 0 Å². The summed E-state index contributed by atoms with van der Waals surface area (Å²) in [5.74, 6) is -1.08. The van der Waals surface area contributed by atoms with Gasteiger partial charge in [0.1, 0.15) is 5.82 Å². The molecule has 1 unspecified atom stereocenters. The largest absolute Gasteiger partial charge is 0.369 e. The summed E-state index contributed by atoms with van der Waals surface area (Å²) in [6, 6.07) is 29.6.